The van der Waals surface area contributed by atoms with E-state index < -0.39 is 53.0 Å². The van der Waals surface area contributed by atoms with Crippen LogP contribution in [0.15, 0.2) is 0 Å². The highest BCUT2D eigenvalue weighted by molar-refractivity contribution is 8.30. The van der Waals surface area contributed by atoms with Gasteiger partial charge >= 0.3 is 17.4 Å². The molecule has 0 aliphatic heterocycles. The summed E-state index contributed by atoms with van der Waals surface area (Å²) < 4.78 is 149. The molecule has 0 aliphatic rings. The summed E-state index contributed by atoms with van der Waals surface area (Å²) in [7, 11) is -14.4. The normalized spacial score (nSPS) is 15.4. The minimum Gasteiger partial charge on any atom is -0.251 e. The highest BCUT2D eigenvalue weighted by Crippen LogP contribution is 2.47. The van der Waals surface area contributed by atoms with Crippen molar-refractivity contribution in [3.63, 3.8) is 0 Å². The van der Waals surface area contributed by atoms with Gasteiger partial charge in [-0.05, 0) is 0 Å². The van der Waals surface area contributed by atoms with Gasteiger partial charge in [0, 0.05) is 3.91 Å². The minimum atomic E-state index is -7.20. The van der Waals surface area contributed by atoms with Crippen LogP contribution in [0.25, 0.3) is 0 Å². The largest absolute Gasteiger partial charge is 0.550 e. The molecule has 0 N–H and O–H groups in total. The van der Waals surface area contributed by atoms with Gasteiger partial charge in [0.15, 0.2) is 0 Å². The quantitative estimate of drug-likeness (QED) is 0.226. The van der Waals surface area contributed by atoms with E-state index in [9.17, 15) is 56.3 Å². The van der Waals surface area contributed by atoms with Crippen LogP contribution in [0, 0.1) is 3.91 Å². The zero-order valence-electron chi connectivity index (χ0n) is 9.08. The molecular weight excluding hydrogens is 411 g/mol. The molecule has 22 heavy (non-hydrogen) atoms. The lowest BCUT2D eigenvalue weighted by Crippen LogP contribution is -2.38. The number of halogens is 9. The fourth-order valence-electron chi connectivity index (χ4n) is 0.506. The maximum atomic E-state index is 12.1. The van der Waals surface area contributed by atoms with Gasteiger partial charge in [0.25, 0.3) is 0 Å². The Bertz CT molecular complexity index is 538. The lowest BCUT2D eigenvalue weighted by Gasteiger charge is -2.29. The Balaban J connectivity index is 5.76. The summed E-state index contributed by atoms with van der Waals surface area (Å²) >= 11 is -1.93. The van der Waals surface area contributed by atoms with E-state index in [-0.39, 0.29) is 0 Å². The van der Waals surface area contributed by atoms with E-state index in [1.54, 1.807) is 0 Å². The van der Waals surface area contributed by atoms with Gasteiger partial charge in [-0.1, -0.05) is 0 Å². The first kappa shape index (κ1) is 21.5. The predicted molar refractivity (Wildman–Crippen MR) is 49.0 cm³/mol. The molecule has 0 heterocycles. The van der Waals surface area contributed by atoms with Crippen molar-refractivity contribution in [2.45, 2.75) is 17.4 Å². The summed E-state index contributed by atoms with van der Waals surface area (Å²) in [6, 6.07) is 0. The van der Waals surface area contributed by atoms with Crippen LogP contribution in [0.4, 0.5) is 39.5 Å². The Hall–Kier alpha value is -0.460. The molecule has 0 unspecified atom stereocenters. The number of rotatable bonds is 5. The maximum Gasteiger partial charge on any atom is 0.550 e. The molecule has 0 fully saturated rings. The highest BCUT2D eigenvalue weighted by Gasteiger charge is 2.55. The van der Waals surface area contributed by atoms with E-state index in [2.05, 4.69) is 9.22 Å². The smallest absolute Gasteiger partial charge is 0.251 e. The summed E-state index contributed by atoms with van der Waals surface area (Å²) in [5.41, 5.74) is -13.1. The van der Waals surface area contributed by atoms with Crippen LogP contribution in [0.3, 0.4) is 0 Å². The van der Waals surface area contributed by atoms with E-state index in [0.29, 0.717) is 0 Å². The summed E-state index contributed by atoms with van der Waals surface area (Å²) in [4.78, 5) is 2.25. The molecule has 134 valence electrons. The van der Waals surface area contributed by atoms with E-state index in [4.69, 9.17) is 0 Å². The lowest BCUT2D eigenvalue weighted by atomic mass is 11.4. The van der Waals surface area contributed by atoms with Crippen molar-refractivity contribution in [1.29, 1.82) is 0 Å². The molecular formula is C4F9O6S3-. The fourth-order valence-corrected chi connectivity index (χ4v) is 4.22. The Kier molecular flexibility index (Phi) is 6.08. The van der Waals surface area contributed by atoms with Crippen molar-refractivity contribution < 1.29 is 65.6 Å². The maximum absolute atomic E-state index is 12.1. The molecule has 0 aromatic rings. The first-order chi connectivity index (χ1) is 9.34. The van der Waals surface area contributed by atoms with Crippen molar-refractivity contribution in [3.05, 3.63) is 3.91 Å². The van der Waals surface area contributed by atoms with E-state index in [1.165, 1.54) is 0 Å². The van der Waals surface area contributed by atoms with E-state index in [1.807, 2.05) is 0 Å². The van der Waals surface area contributed by atoms with Crippen LogP contribution in [0.1, 0.15) is 0 Å². The predicted octanol–water partition coefficient (Wildman–Crippen LogP) is 2.42. The van der Waals surface area contributed by atoms with Gasteiger partial charge in [-0.25, -0.2) is 0 Å². The van der Waals surface area contributed by atoms with Crippen LogP contribution in [0.2, 0.25) is 0 Å². The van der Waals surface area contributed by atoms with Gasteiger partial charge in [-0.15, -0.1) is 30.1 Å². The van der Waals surface area contributed by atoms with Crippen LogP contribution < -0.4 is 0 Å². The topological polar surface area (TPSA) is 86.7 Å². The van der Waals surface area contributed by atoms with Crippen LogP contribution >= 0.6 is 12.0 Å². The second kappa shape index (κ2) is 6.21. The summed E-state index contributed by atoms with van der Waals surface area (Å²) in [5, 5.41) is 0. The third kappa shape index (κ3) is 5.03. The molecule has 18 heteroatoms. The van der Waals surface area contributed by atoms with Crippen molar-refractivity contribution in [2.75, 3.05) is 0 Å². The molecule has 0 amide bonds. The number of alkyl halides is 9. The summed E-state index contributed by atoms with van der Waals surface area (Å²) in [6.07, 6.45) is -5.76. The Morgan fingerprint density at radius 3 is 1.27 bits per heavy atom. The van der Waals surface area contributed by atoms with Gasteiger partial charge < -0.3 is 0 Å². The van der Waals surface area contributed by atoms with E-state index in [0.717, 1.165) is 0 Å². The molecule has 0 aliphatic carbocycles. The molecule has 0 radical (unpaired) electrons. The highest BCUT2D eigenvalue weighted by atomic mass is 32.3. The summed E-state index contributed by atoms with van der Waals surface area (Å²) in [5.74, 6) is 0. The van der Waals surface area contributed by atoms with Crippen molar-refractivity contribution >= 4 is 31.7 Å². The Labute approximate surface area is 119 Å². The van der Waals surface area contributed by atoms with Crippen LogP contribution in [0.5, 0.6) is 0 Å². The minimum absolute atomic E-state index is 1.93. The summed E-state index contributed by atoms with van der Waals surface area (Å²) in [6.45, 7) is 0. The first-order valence-corrected chi connectivity index (χ1v) is 7.63. The zero-order valence-corrected chi connectivity index (χ0v) is 11.5. The fraction of sp³-hybridized carbons (Fsp3) is 0.750. The lowest BCUT2D eigenvalue weighted by molar-refractivity contribution is -0.440. The second-order valence-electron chi connectivity index (χ2n) is 2.83. The molecule has 0 saturated heterocycles. The SMILES string of the molecule is O=S(=O)([C-](SOOC(F)(F)F)S(=O)(=O)C(F)(F)F)C(F)(F)F. The average molecular weight is 411 g/mol. The van der Waals surface area contributed by atoms with Crippen molar-refractivity contribution in [2.24, 2.45) is 0 Å². The molecule has 0 aromatic carbocycles. The van der Waals surface area contributed by atoms with Crippen molar-refractivity contribution in [1.82, 2.24) is 0 Å². The molecule has 0 atom stereocenters. The number of sulfone groups is 2. The molecule has 6 nitrogen and oxygen atoms in total. The van der Waals surface area contributed by atoms with Gasteiger partial charge in [0.1, 0.15) is 19.7 Å². The Morgan fingerprint density at radius 2 is 1.05 bits per heavy atom. The number of hydrogen-bond donors (Lipinski definition) is 0. The third-order valence-electron chi connectivity index (χ3n) is 1.28. The van der Waals surface area contributed by atoms with E-state index >= 15 is 0 Å². The molecule has 0 spiro atoms. The number of hydrogen-bond acceptors (Lipinski definition) is 7. The first-order valence-electron chi connectivity index (χ1n) is 3.93. The van der Waals surface area contributed by atoms with Gasteiger partial charge in [-0.3, -0.25) is 16.8 Å². The molecule has 0 aromatic heterocycles. The van der Waals surface area contributed by atoms with Crippen LogP contribution in [-0.2, 0) is 28.9 Å². The standard InChI is InChI=1S/C4F9O6S3/c5-2(6,7)18-19-20-1(21(14,15)3(8,9)10)22(16,17)4(11,12)13/q-1. The third-order valence-corrected chi connectivity index (χ3v) is 6.69. The second-order valence-corrected chi connectivity index (χ2v) is 8.07. The van der Waals surface area contributed by atoms with Gasteiger partial charge in [0.2, 0.25) is 0 Å². The van der Waals surface area contributed by atoms with Crippen molar-refractivity contribution in [3.8, 4) is 0 Å². The molecule has 0 saturated carbocycles. The average Bonchev–Trinajstić information content (AvgIpc) is 2.18. The molecule has 0 rings (SSSR count). The molecule has 0 bridgehead atoms. The van der Waals surface area contributed by atoms with Gasteiger partial charge in [0.05, 0.1) is 0 Å². The van der Waals surface area contributed by atoms with Gasteiger partial charge in [-0.2, -0.15) is 30.7 Å². The zero-order chi connectivity index (χ0) is 18.2. The van der Waals surface area contributed by atoms with Crippen LogP contribution in [-0.4, -0.2) is 34.2 Å². The Morgan fingerprint density at radius 1 is 0.727 bits per heavy atom. The monoisotopic (exact) mass is 411 g/mol.